The predicted octanol–water partition coefficient (Wildman–Crippen LogP) is 2.55. The number of amides is 1. The summed E-state index contributed by atoms with van der Waals surface area (Å²) < 4.78 is 18.2. The smallest absolute Gasteiger partial charge is 0.412 e. The van der Waals surface area contributed by atoms with Crippen molar-refractivity contribution in [2.75, 3.05) is 5.32 Å². The maximum Gasteiger partial charge on any atom is 0.412 e. The van der Waals surface area contributed by atoms with Crippen LogP contribution >= 0.6 is 0 Å². The minimum atomic E-state index is -0.674. The molecule has 1 N–H and O–H groups in total. The molecule has 5 heteroatoms. The summed E-state index contributed by atoms with van der Waals surface area (Å²) in [5, 5.41) is 2.36. The van der Waals surface area contributed by atoms with Crippen LogP contribution in [0.1, 0.15) is 26.5 Å². The molecular weight excluding hydrogens is 223 g/mol. The van der Waals surface area contributed by atoms with Gasteiger partial charge < -0.3 is 4.74 Å². The van der Waals surface area contributed by atoms with E-state index in [0.29, 0.717) is 0 Å². The fourth-order valence-corrected chi connectivity index (χ4v) is 1.03. The summed E-state index contributed by atoms with van der Waals surface area (Å²) in [5.41, 5.74) is -0.523. The van der Waals surface area contributed by atoms with Gasteiger partial charge in [0.25, 0.3) is 0 Å². The molecule has 17 heavy (non-hydrogen) atoms. The molecule has 90 valence electrons. The molecule has 0 saturated carbocycles. The van der Waals surface area contributed by atoms with Crippen molar-refractivity contribution in [3.8, 4) is 12.3 Å². The summed E-state index contributed by atoms with van der Waals surface area (Å²) in [6, 6.07) is 1.09. The van der Waals surface area contributed by atoms with Crippen molar-refractivity contribution in [1.82, 2.24) is 4.98 Å². The standard InChI is InChI=1S/C12H13FN2O2/c1-5-10-9(13)6-8(7-14-10)15-11(16)17-12(2,3)4/h1,6-7H,2-4H3,(H,15,16). The van der Waals surface area contributed by atoms with Gasteiger partial charge in [-0.3, -0.25) is 5.32 Å². The molecule has 0 aliphatic rings. The van der Waals surface area contributed by atoms with E-state index in [-0.39, 0.29) is 11.4 Å². The summed E-state index contributed by atoms with van der Waals surface area (Å²) in [6.07, 6.45) is 5.61. The largest absolute Gasteiger partial charge is 0.444 e. The molecule has 1 rings (SSSR count). The van der Waals surface area contributed by atoms with E-state index < -0.39 is 17.5 Å². The van der Waals surface area contributed by atoms with Crippen molar-refractivity contribution in [2.45, 2.75) is 26.4 Å². The number of anilines is 1. The maximum atomic E-state index is 13.2. The first kappa shape index (κ1) is 13.0. The molecule has 0 radical (unpaired) electrons. The number of terminal acetylenes is 1. The van der Waals surface area contributed by atoms with E-state index in [2.05, 4.69) is 16.2 Å². The molecule has 1 aromatic heterocycles. The number of hydrogen-bond acceptors (Lipinski definition) is 3. The van der Waals surface area contributed by atoms with Gasteiger partial charge in [0.1, 0.15) is 11.3 Å². The molecule has 0 saturated heterocycles. The SMILES string of the molecule is C#Cc1ncc(NC(=O)OC(C)(C)C)cc1F. The van der Waals surface area contributed by atoms with Crippen LogP contribution in [0.25, 0.3) is 0 Å². The third kappa shape index (κ3) is 4.11. The molecule has 0 aliphatic carbocycles. The Hall–Kier alpha value is -2.09. The number of rotatable bonds is 1. The van der Waals surface area contributed by atoms with E-state index >= 15 is 0 Å². The molecule has 0 atom stereocenters. The number of ether oxygens (including phenoxy) is 1. The lowest BCUT2D eigenvalue weighted by atomic mass is 10.2. The molecule has 0 aromatic carbocycles. The van der Waals surface area contributed by atoms with Gasteiger partial charge in [-0.2, -0.15) is 0 Å². The van der Waals surface area contributed by atoms with Crippen LogP contribution in [0.15, 0.2) is 12.3 Å². The number of halogens is 1. The normalized spacial score (nSPS) is 10.5. The third-order valence-corrected chi connectivity index (χ3v) is 1.62. The van der Waals surface area contributed by atoms with Crippen molar-refractivity contribution in [2.24, 2.45) is 0 Å². The highest BCUT2D eigenvalue weighted by molar-refractivity contribution is 5.84. The number of nitrogens with zero attached hydrogens (tertiary/aromatic N) is 1. The highest BCUT2D eigenvalue weighted by Crippen LogP contribution is 2.13. The Morgan fingerprint density at radius 3 is 2.71 bits per heavy atom. The van der Waals surface area contributed by atoms with Crippen LogP contribution in [0.4, 0.5) is 14.9 Å². The van der Waals surface area contributed by atoms with Crippen LogP contribution in [0, 0.1) is 18.2 Å². The van der Waals surface area contributed by atoms with Crippen LogP contribution < -0.4 is 5.32 Å². The zero-order chi connectivity index (χ0) is 13.1. The van der Waals surface area contributed by atoms with Gasteiger partial charge in [-0.25, -0.2) is 14.2 Å². The molecule has 4 nitrogen and oxygen atoms in total. The van der Waals surface area contributed by atoms with E-state index in [1.807, 2.05) is 0 Å². The highest BCUT2D eigenvalue weighted by atomic mass is 19.1. The molecule has 1 heterocycles. The van der Waals surface area contributed by atoms with Gasteiger partial charge in [0.2, 0.25) is 0 Å². The molecule has 1 aromatic rings. The van der Waals surface area contributed by atoms with Crippen LogP contribution in [-0.2, 0) is 4.74 Å². The maximum absolute atomic E-state index is 13.2. The number of carbonyl (C=O) groups is 1. The molecule has 0 aliphatic heterocycles. The van der Waals surface area contributed by atoms with Crippen LogP contribution in [0.3, 0.4) is 0 Å². The summed E-state index contributed by atoms with van der Waals surface area (Å²) in [4.78, 5) is 15.0. The average molecular weight is 236 g/mol. The van der Waals surface area contributed by atoms with Crippen molar-refractivity contribution in [3.05, 3.63) is 23.8 Å². The average Bonchev–Trinajstić information content (AvgIpc) is 2.14. The molecular formula is C12H13FN2O2. The van der Waals surface area contributed by atoms with Gasteiger partial charge >= 0.3 is 6.09 Å². The van der Waals surface area contributed by atoms with Gasteiger partial charge in [0, 0.05) is 6.07 Å². The second-order valence-electron chi connectivity index (χ2n) is 4.33. The van der Waals surface area contributed by atoms with E-state index in [9.17, 15) is 9.18 Å². The van der Waals surface area contributed by atoms with Gasteiger partial charge in [-0.15, -0.1) is 6.42 Å². The quantitative estimate of drug-likeness (QED) is 0.762. The lowest BCUT2D eigenvalue weighted by molar-refractivity contribution is 0.0636. The summed E-state index contributed by atoms with van der Waals surface area (Å²) in [5.74, 6) is 1.42. The number of nitrogens with one attached hydrogen (secondary N) is 1. The van der Waals surface area contributed by atoms with Crippen molar-refractivity contribution in [1.29, 1.82) is 0 Å². The fourth-order valence-electron chi connectivity index (χ4n) is 1.03. The number of hydrogen-bond donors (Lipinski definition) is 1. The first-order chi connectivity index (χ1) is 7.81. The second kappa shape index (κ2) is 4.83. The lowest BCUT2D eigenvalue weighted by Crippen LogP contribution is -2.27. The summed E-state index contributed by atoms with van der Waals surface area (Å²) >= 11 is 0. The summed E-state index contributed by atoms with van der Waals surface area (Å²) in [6.45, 7) is 5.19. The van der Waals surface area contributed by atoms with E-state index in [4.69, 9.17) is 11.2 Å². The van der Waals surface area contributed by atoms with Gasteiger partial charge in [0.05, 0.1) is 11.9 Å². The molecule has 1 amide bonds. The zero-order valence-corrected chi connectivity index (χ0v) is 9.87. The van der Waals surface area contributed by atoms with Crippen molar-refractivity contribution in [3.63, 3.8) is 0 Å². The summed E-state index contributed by atoms with van der Waals surface area (Å²) in [7, 11) is 0. The Morgan fingerprint density at radius 2 is 2.24 bits per heavy atom. The third-order valence-electron chi connectivity index (χ3n) is 1.62. The monoisotopic (exact) mass is 236 g/mol. The van der Waals surface area contributed by atoms with Crippen molar-refractivity contribution >= 4 is 11.8 Å². The molecule has 0 unspecified atom stereocenters. The molecule has 0 spiro atoms. The molecule has 0 fully saturated rings. The fraction of sp³-hybridized carbons (Fsp3) is 0.333. The van der Waals surface area contributed by atoms with Crippen LogP contribution in [0.5, 0.6) is 0 Å². The van der Waals surface area contributed by atoms with E-state index in [1.165, 1.54) is 6.20 Å². The number of pyridine rings is 1. The van der Waals surface area contributed by atoms with E-state index in [0.717, 1.165) is 6.07 Å². The van der Waals surface area contributed by atoms with Crippen molar-refractivity contribution < 1.29 is 13.9 Å². The first-order valence-corrected chi connectivity index (χ1v) is 4.94. The minimum Gasteiger partial charge on any atom is -0.444 e. The predicted molar refractivity (Wildman–Crippen MR) is 62.0 cm³/mol. The topological polar surface area (TPSA) is 51.2 Å². The Balaban J connectivity index is 2.74. The van der Waals surface area contributed by atoms with Crippen LogP contribution in [-0.4, -0.2) is 16.7 Å². The number of carbonyl (C=O) groups excluding carboxylic acids is 1. The van der Waals surface area contributed by atoms with E-state index in [1.54, 1.807) is 20.8 Å². The van der Waals surface area contributed by atoms with Gasteiger partial charge in [-0.1, -0.05) is 0 Å². The Labute approximate surface area is 99.2 Å². The first-order valence-electron chi connectivity index (χ1n) is 4.94. The van der Waals surface area contributed by atoms with Gasteiger partial charge in [-0.05, 0) is 26.7 Å². The van der Waals surface area contributed by atoms with Gasteiger partial charge in [0.15, 0.2) is 5.82 Å². The number of aromatic nitrogens is 1. The Bertz CT molecular complexity index is 472. The second-order valence-corrected chi connectivity index (χ2v) is 4.33. The highest BCUT2D eigenvalue weighted by Gasteiger charge is 2.16. The lowest BCUT2D eigenvalue weighted by Gasteiger charge is -2.19. The Morgan fingerprint density at radius 1 is 1.59 bits per heavy atom. The molecule has 0 bridgehead atoms. The zero-order valence-electron chi connectivity index (χ0n) is 9.87. The Kier molecular flexibility index (Phi) is 3.69. The minimum absolute atomic E-state index is 0.0975. The van der Waals surface area contributed by atoms with Crippen LogP contribution in [0.2, 0.25) is 0 Å².